The van der Waals surface area contributed by atoms with Gasteiger partial charge < -0.3 is 14.8 Å². The molecule has 4 aromatic carbocycles. The van der Waals surface area contributed by atoms with Gasteiger partial charge in [0.1, 0.15) is 18.7 Å². The molecule has 0 unspecified atom stereocenters. The highest BCUT2D eigenvalue weighted by Gasteiger charge is 2.42. The normalized spacial score (nSPS) is 17.7. The first-order valence-corrected chi connectivity index (χ1v) is 14.5. The highest BCUT2D eigenvalue weighted by Crippen LogP contribution is 2.44. The van der Waals surface area contributed by atoms with E-state index in [1.54, 1.807) is 0 Å². The second-order valence-corrected chi connectivity index (χ2v) is 11.0. The topological polar surface area (TPSA) is 134 Å². The Balaban J connectivity index is 1.18. The molecule has 10 heteroatoms. The van der Waals surface area contributed by atoms with E-state index in [1.165, 1.54) is 12.0 Å². The number of esters is 1. The molecular formula is C34H31N5O5. The van der Waals surface area contributed by atoms with Crippen molar-refractivity contribution in [2.24, 2.45) is 5.11 Å². The van der Waals surface area contributed by atoms with Crippen LogP contribution in [0, 0.1) is 0 Å². The van der Waals surface area contributed by atoms with Gasteiger partial charge in [-0.2, -0.15) is 0 Å². The number of carbonyl (C=O) groups excluding carboxylic acids is 3. The van der Waals surface area contributed by atoms with Crippen LogP contribution in [0.1, 0.15) is 29.0 Å². The van der Waals surface area contributed by atoms with Crippen molar-refractivity contribution in [3.63, 3.8) is 0 Å². The fourth-order valence-electron chi connectivity index (χ4n) is 6.30. The summed E-state index contributed by atoms with van der Waals surface area (Å²) in [7, 11) is 1.26. The molecule has 4 aromatic rings. The molecule has 1 fully saturated rings. The number of likely N-dealkylation sites (tertiary alicyclic amines) is 1. The standard InChI is InChI=1S/C34H31N5O5/c1-43-33(41)30(17-21-14-15-22-8-2-3-9-23(22)16-21)36-32(40)31-18-24(37-38-35)19-39(31)34(42)44-20-29-27-12-6-4-10-25(27)26-11-5-7-13-28(26)29/h2-16,24,29-31H,17-20H2,1H3,(H,36,40)/t24-,30-,31-/m0/s1. The van der Waals surface area contributed by atoms with E-state index in [0.29, 0.717) is 0 Å². The van der Waals surface area contributed by atoms with Crippen LogP contribution in [-0.4, -0.2) is 61.3 Å². The third-order valence-corrected chi connectivity index (χ3v) is 8.42. The lowest BCUT2D eigenvalue weighted by Gasteiger charge is -2.26. The number of methoxy groups -OCH3 is 1. The van der Waals surface area contributed by atoms with Crippen LogP contribution in [0.25, 0.3) is 32.3 Å². The first-order valence-electron chi connectivity index (χ1n) is 14.5. The molecule has 1 aliphatic heterocycles. The number of hydrogen-bond acceptors (Lipinski definition) is 6. The maximum absolute atomic E-state index is 13.6. The number of nitrogens with zero attached hydrogens (tertiary/aromatic N) is 4. The van der Waals surface area contributed by atoms with Crippen molar-refractivity contribution < 1.29 is 23.9 Å². The van der Waals surface area contributed by atoms with Crippen molar-refractivity contribution in [3.05, 3.63) is 118 Å². The highest BCUT2D eigenvalue weighted by molar-refractivity contribution is 5.91. The molecule has 0 bridgehead atoms. The maximum atomic E-state index is 13.6. The van der Waals surface area contributed by atoms with Gasteiger partial charge in [0.25, 0.3) is 0 Å². The lowest BCUT2D eigenvalue weighted by molar-refractivity contribution is -0.145. The van der Waals surface area contributed by atoms with Gasteiger partial charge in [-0.05, 0) is 50.5 Å². The van der Waals surface area contributed by atoms with Crippen LogP contribution in [0.2, 0.25) is 0 Å². The van der Waals surface area contributed by atoms with Gasteiger partial charge in [0.2, 0.25) is 5.91 Å². The Kier molecular flexibility index (Phi) is 8.16. The molecule has 222 valence electrons. The summed E-state index contributed by atoms with van der Waals surface area (Å²) in [5.41, 5.74) is 14.2. The molecule has 2 amide bonds. The van der Waals surface area contributed by atoms with Crippen molar-refractivity contribution in [3.8, 4) is 11.1 Å². The lowest BCUT2D eigenvalue weighted by Crippen LogP contribution is -2.52. The van der Waals surface area contributed by atoms with Gasteiger partial charge in [-0.3, -0.25) is 9.69 Å². The quantitative estimate of drug-likeness (QED) is 0.121. The van der Waals surface area contributed by atoms with Crippen molar-refractivity contribution in [1.29, 1.82) is 0 Å². The molecule has 6 rings (SSSR count). The van der Waals surface area contributed by atoms with Gasteiger partial charge in [-0.25, -0.2) is 9.59 Å². The van der Waals surface area contributed by atoms with Crippen LogP contribution in [0.4, 0.5) is 4.79 Å². The summed E-state index contributed by atoms with van der Waals surface area (Å²) in [4.78, 5) is 44.0. The first-order chi connectivity index (χ1) is 21.5. The molecule has 2 aliphatic rings. The monoisotopic (exact) mass is 589 g/mol. The molecular weight excluding hydrogens is 558 g/mol. The van der Waals surface area contributed by atoms with E-state index in [0.717, 1.165) is 38.6 Å². The van der Waals surface area contributed by atoms with Crippen molar-refractivity contribution in [2.75, 3.05) is 20.3 Å². The SMILES string of the molecule is COC(=O)[C@H](Cc1ccc2ccccc2c1)NC(=O)[C@@H]1C[C@H](N=[N+]=[N-])CN1C(=O)OCC1c2ccccc2-c2ccccc21. The molecule has 44 heavy (non-hydrogen) atoms. The number of amides is 2. The van der Waals surface area contributed by atoms with Crippen molar-refractivity contribution in [2.45, 2.75) is 36.9 Å². The van der Waals surface area contributed by atoms with E-state index in [-0.39, 0.29) is 31.9 Å². The van der Waals surface area contributed by atoms with Crippen LogP contribution in [0.5, 0.6) is 0 Å². The van der Waals surface area contributed by atoms with Crippen LogP contribution >= 0.6 is 0 Å². The Morgan fingerprint density at radius 2 is 1.61 bits per heavy atom. The number of benzene rings is 4. The molecule has 0 saturated carbocycles. The largest absolute Gasteiger partial charge is 0.467 e. The summed E-state index contributed by atoms with van der Waals surface area (Å²) in [6.45, 7) is 0.100. The summed E-state index contributed by atoms with van der Waals surface area (Å²) in [6.07, 6.45) is -0.392. The Labute approximate surface area is 254 Å². The number of carbonyl (C=O) groups is 3. The molecule has 1 heterocycles. The molecule has 1 N–H and O–H groups in total. The molecule has 0 spiro atoms. The Bertz CT molecular complexity index is 1740. The minimum Gasteiger partial charge on any atom is -0.467 e. The van der Waals surface area contributed by atoms with Gasteiger partial charge >= 0.3 is 12.1 Å². The van der Waals surface area contributed by atoms with E-state index in [1.807, 2.05) is 78.9 Å². The van der Waals surface area contributed by atoms with Gasteiger partial charge in [0.05, 0.1) is 13.2 Å². The minimum atomic E-state index is -0.995. The fourth-order valence-corrected chi connectivity index (χ4v) is 6.30. The fraction of sp³-hybridized carbons (Fsp3) is 0.265. The van der Waals surface area contributed by atoms with E-state index < -0.39 is 36.1 Å². The van der Waals surface area contributed by atoms with Gasteiger partial charge in [-0.1, -0.05) is 96.1 Å². The summed E-state index contributed by atoms with van der Waals surface area (Å²) >= 11 is 0. The zero-order valence-electron chi connectivity index (χ0n) is 24.1. The molecule has 1 saturated heterocycles. The van der Waals surface area contributed by atoms with E-state index in [4.69, 9.17) is 15.0 Å². The summed E-state index contributed by atoms with van der Waals surface area (Å²) < 4.78 is 10.8. The second kappa shape index (κ2) is 12.5. The molecule has 3 atom stereocenters. The first kappa shape index (κ1) is 28.8. The predicted octanol–water partition coefficient (Wildman–Crippen LogP) is 5.74. The predicted molar refractivity (Wildman–Crippen MR) is 165 cm³/mol. The van der Waals surface area contributed by atoms with Crippen LogP contribution in [0.15, 0.2) is 96.1 Å². The lowest BCUT2D eigenvalue weighted by atomic mass is 9.98. The number of azide groups is 1. The molecule has 0 radical (unpaired) electrons. The average molecular weight is 590 g/mol. The minimum absolute atomic E-state index is 0.0202. The molecule has 10 nitrogen and oxygen atoms in total. The molecule has 0 aromatic heterocycles. The smallest absolute Gasteiger partial charge is 0.410 e. The Morgan fingerprint density at radius 1 is 0.955 bits per heavy atom. The number of nitrogens with one attached hydrogen (secondary N) is 1. The summed E-state index contributed by atoms with van der Waals surface area (Å²) in [5.74, 6) is -1.31. The Morgan fingerprint density at radius 3 is 2.30 bits per heavy atom. The summed E-state index contributed by atoms with van der Waals surface area (Å²) in [5, 5.41) is 8.62. The number of rotatable bonds is 8. The third-order valence-electron chi connectivity index (χ3n) is 8.42. The van der Waals surface area contributed by atoms with Gasteiger partial charge in [-0.15, -0.1) is 0 Å². The van der Waals surface area contributed by atoms with E-state index >= 15 is 0 Å². The Hall–Kier alpha value is -5.34. The van der Waals surface area contributed by atoms with Crippen molar-refractivity contribution in [1.82, 2.24) is 10.2 Å². The van der Waals surface area contributed by atoms with Gasteiger partial charge in [0, 0.05) is 23.8 Å². The average Bonchev–Trinajstić information content (AvgIpc) is 3.62. The number of ether oxygens (including phenoxy) is 2. The van der Waals surface area contributed by atoms with Crippen LogP contribution in [-0.2, 0) is 25.5 Å². The maximum Gasteiger partial charge on any atom is 0.410 e. The second-order valence-electron chi connectivity index (χ2n) is 11.0. The van der Waals surface area contributed by atoms with E-state index in [9.17, 15) is 14.4 Å². The highest BCUT2D eigenvalue weighted by atomic mass is 16.6. The number of fused-ring (bicyclic) bond motifs is 4. The van der Waals surface area contributed by atoms with E-state index in [2.05, 4.69) is 27.5 Å². The molecule has 1 aliphatic carbocycles. The third kappa shape index (κ3) is 5.67. The number of hydrogen-bond donors (Lipinski definition) is 1. The van der Waals surface area contributed by atoms with Gasteiger partial charge in [0.15, 0.2) is 0 Å². The zero-order chi connectivity index (χ0) is 30.6. The van der Waals surface area contributed by atoms with Crippen LogP contribution < -0.4 is 5.32 Å². The van der Waals surface area contributed by atoms with Crippen LogP contribution in [0.3, 0.4) is 0 Å². The van der Waals surface area contributed by atoms with Crippen molar-refractivity contribution >= 4 is 28.7 Å². The zero-order valence-corrected chi connectivity index (χ0v) is 24.1. The summed E-state index contributed by atoms with van der Waals surface area (Å²) in [6, 6.07) is 27.1.